The highest BCUT2D eigenvalue weighted by Crippen LogP contribution is 2.30. The molecule has 2 heterocycles. The molecule has 0 bridgehead atoms. The fourth-order valence-electron chi connectivity index (χ4n) is 3.30. The third kappa shape index (κ3) is 3.17. The van der Waals surface area contributed by atoms with Crippen LogP contribution < -0.4 is 4.74 Å². The van der Waals surface area contributed by atoms with E-state index < -0.39 is 0 Å². The third-order valence-corrected chi connectivity index (χ3v) is 4.52. The van der Waals surface area contributed by atoms with Crippen LogP contribution in [0.2, 0.25) is 0 Å². The van der Waals surface area contributed by atoms with E-state index in [4.69, 9.17) is 9.26 Å². The second-order valence-corrected chi connectivity index (χ2v) is 5.91. The minimum Gasteiger partial charge on any atom is -0.496 e. The molecule has 3 rings (SSSR count). The molecule has 0 aliphatic carbocycles. The summed E-state index contributed by atoms with van der Waals surface area (Å²) >= 11 is 0. The number of ether oxygens (including phenoxy) is 1. The van der Waals surface area contributed by atoms with Crippen molar-refractivity contribution in [3.8, 4) is 17.0 Å². The molecule has 1 aliphatic heterocycles. The summed E-state index contributed by atoms with van der Waals surface area (Å²) in [6.45, 7) is 4.27. The Morgan fingerprint density at radius 3 is 3.00 bits per heavy atom. The van der Waals surface area contributed by atoms with Crippen LogP contribution in [-0.2, 0) is 6.54 Å². The van der Waals surface area contributed by atoms with Gasteiger partial charge >= 0.3 is 0 Å². The summed E-state index contributed by atoms with van der Waals surface area (Å²) in [7, 11) is 1.68. The van der Waals surface area contributed by atoms with Crippen molar-refractivity contribution < 1.29 is 9.26 Å². The number of piperidine rings is 1. The van der Waals surface area contributed by atoms with Crippen LogP contribution >= 0.6 is 0 Å². The van der Waals surface area contributed by atoms with Gasteiger partial charge in [0.05, 0.1) is 13.7 Å². The Balaban J connectivity index is 1.76. The standard InChI is InChI=1S/C18H24N2O2/c1-3-14-8-6-7-11-20(14)13-15-12-17(19-22-15)16-9-4-5-10-18(16)21-2/h4-5,9-10,12,14H,3,6-8,11,13H2,1-2H3/t14-/m1/s1. The highest BCUT2D eigenvalue weighted by molar-refractivity contribution is 5.66. The maximum absolute atomic E-state index is 5.57. The van der Waals surface area contributed by atoms with Crippen LogP contribution in [0.5, 0.6) is 5.75 Å². The SMILES string of the molecule is CC[C@@H]1CCCCN1Cc1cc(-c2ccccc2OC)no1. The number of aromatic nitrogens is 1. The lowest BCUT2D eigenvalue weighted by molar-refractivity contribution is 0.123. The van der Waals surface area contributed by atoms with Gasteiger partial charge in [0.2, 0.25) is 0 Å². The Morgan fingerprint density at radius 1 is 1.32 bits per heavy atom. The topological polar surface area (TPSA) is 38.5 Å². The van der Waals surface area contributed by atoms with E-state index in [0.29, 0.717) is 6.04 Å². The van der Waals surface area contributed by atoms with E-state index in [1.807, 2.05) is 30.3 Å². The lowest BCUT2D eigenvalue weighted by Crippen LogP contribution is -2.38. The number of para-hydroxylation sites is 1. The Morgan fingerprint density at radius 2 is 2.18 bits per heavy atom. The molecule has 0 saturated carbocycles. The minimum atomic E-state index is 0.675. The molecule has 0 amide bonds. The quantitative estimate of drug-likeness (QED) is 0.832. The van der Waals surface area contributed by atoms with Gasteiger partial charge < -0.3 is 9.26 Å². The zero-order valence-corrected chi connectivity index (χ0v) is 13.4. The van der Waals surface area contributed by atoms with Crippen molar-refractivity contribution in [1.82, 2.24) is 10.1 Å². The molecular weight excluding hydrogens is 276 g/mol. The highest BCUT2D eigenvalue weighted by Gasteiger charge is 2.22. The summed E-state index contributed by atoms with van der Waals surface area (Å²) in [5.41, 5.74) is 1.82. The van der Waals surface area contributed by atoms with Gasteiger partial charge in [0.1, 0.15) is 11.4 Å². The van der Waals surface area contributed by atoms with E-state index in [2.05, 4.69) is 17.0 Å². The van der Waals surface area contributed by atoms with E-state index in [1.54, 1.807) is 7.11 Å². The molecule has 118 valence electrons. The van der Waals surface area contributed by atoms with E-state index in [0.717, 1.165) is 35.9 Å². The fourth-order valence-corrected chi connectivity index (χ4v) is 3.30. The highest BCUT2D eigenvalue weighted by atomic mass is 16.5. The van der Waals surface area contributed by atoms with Gasteiger partial charge in [0.25, 0.3) is 0 Å². The maximum Gasteiger partial charge on any atom is 0.151 e. The van der Waals surface area contributed by atoms with Crippen LogP contribution in [0, 0.1) is 0 Å². The van der Waals surface area contributed by atoms with Crippen molar-refractivity contribution in [2.75, 3.05) is 13.7 Å². The molecular formula is C18H24N2O2. The van der Waals surface area contributed by atoms with Crippen LogP contribution in [0.1, 0.15) is 38.4 Å². The first-order chi connectivity index (χ1) is 10.8. The minimum absolute atomic E-state index is 0.675. The lowest BCUT2D eigenvalue weighted by atomic mass is 10.00. The first kappa shape index (κ1) is 15.1. The molecule has 1 saturated heterocycles. The third-order valence-electron chi connectivity index (χ3n) is 4.52. The second kappa shape index (κ2) is 6.97. The lowest BCUT2D eigenvalue weighted by Gasteiger charge is -2.34. The summed E-state index contributed by atoms with van der Waals surface area (Å²) in [5, 5.41) is 4.23. The average molecular weight is 300 g/mol. The number of hydrogen-bond donors (Lipinski definition) is 0. The molecule has 4 nitrogen and oxygen atoms in total. The van der Waals surface area contributed by atoms with Gasteiger partial charge in [0, 0.05) is 17.7 Å². The molecule has 1 aromatic heterocycles. The van der Waals surface area contributed by atoms with Crippen molar-refractivity contribution in [2.24, 2.45) is 0 Å². The largest absolute Gasteiger partial charge is 0.496 e. The summed E-state index contributed by atoms with van der Waals surface area (Å²) in [6, 6.07) is 10.6. The Bertz CT molecular complexity index is 609. The predicted octanol–water partition coefficient (Wildman–Crippen LogP) is 4.11. The molecule has 0 spiro atoms. The van der Waals surface area contributed by atoms with Gasteiger partial charge in [0.15, 0.2) is 5.76 Å². The van der Waals surface area contributed by atoms with Crippen molar-refractivity contribution in [2.45, 2.75) is 45.2 Å². The van der Waals surface area contributed by atoms with Gasteiger partial charge in [-0.05, 0) is 37.9 Å². The molecule has 4 heteroatoms. The normalized spacial score (nSPS) is 19.3. The first-order valence-electron chi connectivity index (χ1n) is 8.15. The zero-order valence-electron chi connectivity index (χ0n) is 13.4. The average Bonchev–Trinajstić information content (AvgIpc) is 3.03. The summed E-state index contributed by atoms with van der Waals surface area (Å²) in [4.78, 5) is 2.52. The number of hydrogen-bond acceptors (Lipinski definition) is 4. The summed E-state index contributed by atoms with van der Waals surface area (Å²) in [6.07, 6.45) is 5.12. The molecule has 0 radical (unpaired) electrons. The van der Waals surface area contributed by atoms with E-state index in [9.17, 15) is 0 Å². The summed E-state index contributed by atoms with van der Waals surface area (Å²) < 4.78 is 11.0. The van der Waals surface area contributed by atoms with Crippen LogP contribution in [0.4, 0.5) is 0 Å². The van der Waals surface area contributed by atoms with Gasteiger partial charge in [-0.25, -0.2) is 0 Å². The Labute approximate surface area is 132 Å². The van der Waals surface area contributed by atoms with Gasteiger partial charge in [-0.1, -0.05) is 30.6 Å². The number of rotatable bonds is 5. The Hall–Kier alpha value is -1.81. The van der Waals surface area contributed by atoms with Crippen molar-refractivity contribution in [3.05, 3.63) is 36.1 Å². The molecule has 1 fully saturated rings. The van der Waals surface area contributed by atoms with E-state index in [-0.39, 0.29) is 0 Å². The van der Waals surface area contributed by atoms with Crippen LogP contribution in [-0.4, -0.2) is 29.8 Å². The molecule has 22 heavy (non-hydrogen) atoms. The van der Waals surface area contributed by atoms with Crippen molar-refractivity contribution >= 4 is 0 Å². The molecule has 1 aromatic carbocycles. The molecule has 0 unspecified atom stereocenters. The van der Waals surface area contributed by atoms with Gasteiger partial charge in [-0.15, -0.1) is 0 Å². The maximum atomic E-state index is 5.57. The van der Waals surface area contributed by atoms with E-state index >= 15 is 0 Å². The number of benzene rings is 1. The molecule has 1 atom stereocenters. The zero-order chi connectivity index (χ0) is 15.4. The second-order valence-electron chi connectivity index (χ2n) is 5.91. The van der Waals surface area contributed by atoms with Crippen LogP contribution in [0.3, 0.4) is 0 Å². The number of methoxy groups -OCH3 is 1. The number of nitrogens with zero attached hydrogens (tertiary/aromatic N) is 2. The number of likely N-dealkylation sites (tertiary alicyclic amines) is 1. The van der Waals surface area contributed by atoms with Crippen molar-refractivity contribution in [3.63, 3.8) is 0 Å². The molecule has 0 N–H and O–H groups in total. The van der Waals surface area contributed by atoms with Crippen LogP contribution in [0.15, 0.2) is 34.9 Å². The molecule has 1 aliphatic rings. The van der Waals surface area contributed by atoms with E-state index in [1.165, 1.54) is 25.7 Å². The fraction of sp³-hybridized carbons (Fsp3) is 0.500. The molecule has 2 aromatic rings. The van der Waals surface area contributed by atoms with Gasteiger partial charge in [-0.3, -0.25) is 4.90 Å². The van der Waals surface area contributed by atoms with Crippen LogP contribution in [0.25, 0.3) is 11.3 Å². The van der Waals surface area contributed by atoms with Gasteiger partial charge in [-0.2, -0.15) is 0 Å². The smallest absolute Gasteiger partial charge is 0.151 e. The first-order valence-corrected chi connectivity index (χ1v) is 8.15. The Kier molecular flexibility index (Phi) is 4.78. The monoisotopic (exact) mass is 300 g/mol. The van der Waals surface area contributed by atoms with Crippen molar-refractivity contribution in [1.29, 1.82) is 0 Å². The summed E-state index contributed by atoms with van der Waals surface area (Å²) in [5.74, 6) is 1.76. The predicted molar refractivity (Wildman–Crippen MR) is 86.8 cm³/mol.